The number of hydrogen-bond donors (Lipinski definition) is 0. The first-order valence-electron chi connectivity index (χ1n) is 9.14. The van der Waals surface area contributed by atoms with Crippen molar-refractivity contribution in [2.24, 2.45) is 0 Å². The van der Waals surface area contributed by atoms with Crippen LogP contribution >= 0.6 is 35.7 Å². The van der Waals surface area contributed by atoms with Gasteiger partial charge >= 0.3 is 0 Å². The number of rotatable bonds is 5. The molecule has 0 N–H and O–H groups in total. The van der Waals surface area contributed by atoms with Crippen molar-refractivity contribution in [2.45, 2.75) is 11.8 Å². The zero-order valence-electron chi connectivity index (χ0n) is 16.5. The van der Waals surface area contributed by atoms with Gasteiger partial charge in [-0.15, -0.1) is 11.8 Å². The molecule has 0 bridgehead atoms. The number of nitrogens with zero attached hydrogens (tertiary/aromatic N) is 2. The molecule has 2 aromatic carbocycles. The minimum atomic E-state index is -0.432. The number of thioether (sulfide) groups is 2. The summed E-state index contributed by atoms with van der Waals surface area (Å²) in [6, 6.07) is 15.9. The lowest BCUT2D eigenvalue weighted by atomic mass is 10.1. The smallest absolute Gasteiger partial charge is 0.280 e. The summed E-state index contributed by atoms with van der Waals surface area (Å²) in [5.41, 5.74) is 1.86. The van der Waals surface area contributed by atoms with E-state index in [0.29, 0.717) is 32.0 Å². The van der Waals surface area contributed by atoms with Gasteiger partial charge in [0.2, 0.25) is 0 Å². The van der Waals surface area contributed by atoms with Crippen LogP contribution in [0.15, 0.2) is 68.8 Å². The highest BCUT2D eigenvalue weighted by atomic mass is 32.2. The van der Waals surface area contributed by atoms with E-state index < -0.39 is 4.92 Å². The maximum atomic E-state index is 13.0. The second kappa shape index (κ2) is 8.70. The normalized spacial score (nSPS) is 15.2. The Kier molecular flexibility index (Phi) is 5.99. The fraction of sp³-hybridized carbons (Fsp3) is 0.0909. The number of amides is 1. The summed E-state index contributed by atoms with van der Waals surface area (Å²) in [4.78, 5) is 26.9. The zero-order valence-corrected chi connectivity index (χ0v) is 19.0. The molecule has 0 saturated carbocycles. The number of nitro benzene ring substituents is 1. The number of furan rings is 1. The van der Waals surface area contributed by atoms with Gasteiger partial charge in [-0.2, -0.15) is 0 Å². The van der Waals surface area contributed by atoms with E-state index in [2.05, 4.69) is 0 Å². The van der Waals surface area contributed by atoms with Crippen molar-refractivity contribution in [1.82, 2.24) is 0 Å². The van der Waals surface area contributed by atoms with Crippen LogP contribution in [0.25, 0.3) is 17.4 Å². The van der Waals surface area contributed by atoms with E-state index in [1.54, 1.807) is 49.0 Å². The highest BCUT2D eigenvalue weighted by Crippen LogP contribution is 2.38. The molecule has 1 aliphatic rings. The fourth-order valence-electron chi connectivity index (χ4n) is 3.15. The van der Waals surface area contributed by atoms with Gasteiger partial charge in [0.15, 0.2) is 4.32 Å². The van der Waals surface area contributed by atoms with E-state index in [4.69, 9.17) is 16.6 Å². The standard InChI is InChI=1S/C22H16N2O4S3/c1-13-6-8-17(18(10-13)24(26)27)19-9-7-15(28-19)12-20-21(25)23(22(29)31-20)14-4-3-5-16(11-14)30-2/h3-12H,1-2H3/b20-12+. The lowest BCUT2D eigenvalue weighted by molar-refractivity contribution is -0.384. The summed E-state index contributed by atoms with van der Waals surface area (Å²) >= 11 is 8.21. The van der Waals surface area contributed by atoms with E-state index in [1.807, 2.05) is 30.5 Å². The molecule has 4 rings (SSSR count). The Bertz CT molecular complexity index is 1250. The average molecular weight is 469 g/mol. The second-order valence-electron chi connectivity index (χ2n) is 6.70. The third-order valence-electron chi connectivity index (χ3n) is 4.62. The molecule has 6 nitrogen and oxygen atoms in total. The number of carbonyl (C=O) groups excluding carboxylic acids is 1. The van der Waals surface area contributed by atoms with Crippen molar-refractivity contribution >= 4 is 63.4 Å². The zero-order chi connectivity index (χ0) is 22.1. The molecule has 1 saturated heterocycles. The molecule has 156 valence electrons. The molecule has 0 atom stereocenters. The van der Waals surface area contributed by atoms with Gasteiger partial charge < -0.3 is 4.42 Å². The average Bonchev–Trinajstić information content (AvgIpc) is 3.32. The minimum Gasteiger partial charge on any atom is -0.456 e. The van der Waals surface area contributed by atoms with Crippen molar-refractivity contribution in [2.75, 3.05) is 11.2 Å². The molecular formula is C22H16N2O4S3. The van der Waals surface area contributed by atoms with Crippen LogP contribution in [-0.4, -0.2) is 21.4 Å². The second-order valence-corrected chi connectivity index (χ2v) is 9.25. The van der Waals surface area contributed by atoms with Gasteiger partial charge in [0.1, 0.15) is 11.5 Å². The van der Waals surface area contributed by atoms with Gasteiger partial charge in [0.05, 0.1) is 21.1 Å². The van der Waals surface area contributed by atoms with Crippen LogP contribution < -0.4 is 4.90 Å². The lowest BCUT2D eigenvalue weighted by Crippen LogP contribution is -2.27. The number of thiocarbonyl (C=S) groups is 1. The first-order chi connectivity index (χ1) is 14.9. The highest BCUT2D eigenvalue weighted by molar-refractivity contribution is 8.27. The summed E-state index contributed by atoms with van der Waals surface area (Å²) in [6.45, 7) is 1.79. The molecule has 3 aromatic rings. The molecule has 2 heterocycles. The van der Waals surface area contributed by atoms with E-state index in [0.717, 1.165) is 10.5 Å². The van der Waals surface area contributed by atoms with Crippen molar-refractivity contribution in [3.05, 3.63) is 80.9 Å². The SMILES string of the molecule is CSc1cccc(N2C(=O)/C(=C\c3ccc(-c4ccc(C)cc4[N+](=O)[O-])o3)SC2=S)c1. The van der Waals surface area contributed by atoms with E-state index in [-0.39, 0.29) is 11.6 Å². The topological polar surface area (TPSA) is 76.6 Å². The number of carbonyl (C=O) groups is 1. The fourth-order valence-corrected chi connectivity index (χ4v) is 4.88. The van der Waals surface area contributed by atoms with Crippen LogP contribution in [0.4, 0.5) is 11.4 Å². The van der Waals surface area contributed by atoms with Crippen molar-refractivity contribution in [3.63, 3.8) is 0 Å². The summed E-state index contributed by atoms with van der Waals surface area (Å²) in [5, 5.41) is 11.4. The van der Waals surface area contributed by atoms with Crippen molar-refractivity contribution in [1.29, 1.82) is 0 Å². The number of nitro groups is 1. The quantitative estimate of drug-likeness (QED) is 0.143. The molecule has 31 heavy (non-hydrogen) atoms. The monoisotopic (exact) mass is 468 g/mol. The minimum absolute atomic E-state index is 0.0269. The molecule has 1 aliphatic heterocycles. The number of hydrogen-bond acceptors (Lipinski definition) is 7. The largest absolute Gasteiger partial charge is 0.456 e. The van der Waals surface area contributed by atoms with Crippen LogP contribution in [0.2, 0.25) is 0 Å². The van der Waals surface area contributed by atoms with Gasteiger partial charge in [0.25, 0.3) is 11.6 Å². The number of anilines is 1. The third-order valence-corrected chi connectivity index (χ3v) is 6.65. The van der Waals surface area contributed by atoms with E-state index >= 15 is 0 Å². The van der Waals surface area contributed by atoms with Crippen molar-refractivity contribution < 1.29 is 14.1 Å². The first-order valence-corrected chi connectivity index (χ1v) is 11.6. The Balaban J connectivity index is 1.64. The third kappa shape index (κ3) is 4.30. The van der Waals surface area contributed by atoms with Crippen LogP contribution in [0.1, 0.15) is 11.3 Å². The molecule has 1 fully saturated rings. The Labute approximate surface area is 192 Å². The van der Waals surface area contributed by atoms with Gasteiger partial charge in [-0.1, -0.05) is 36.1 Å². The first kappa shape index (κ1) is 21.4. The molecule has 1 aromatic heterocycles. The molecule has 0 unspecified atom stereocenters. The van der Waals surface area contributed by atoms with Crippen LogP contribution in [0.5, 0.6) is 0 Å². The summed E-state index contributed by atoms with van der Waals surface area (Å²) in [6.07, 6.45) is 3.58. The van der Waals surface area contributed by atoms with Crippen LogP contribution in [0, 0.1) is 17.0 Å². The van der Waals surface area contributed by atoms with Gasteiger partial charge in [-0.3, -0.25) is 19.8 Å². The lowest BCUT2D eigenvalue weighted by Gasteiger charge is -2.15. The van der Waals surface area contributed by atoms with Gasteiger partial charge in [0, 0.05) is 17.0 Å². The van der Waals surface area contributed by atoms with Crippen LogP contribution in [0.3, 0.4) is 0 Å². The molecular weight excluding hydrogens is 452 g/mol. The molecule has 9 heteroatoms. The van der Waals surface area contributed by atoms with Gasteiger partial charge in [-0.05, 0) is 55.1 Å². The van der Waals surface area contributed by atoms with Crippen LogP contribution in [-0.2, 0) is 4.79 Å². The van der Waals surface area contributed by atoms with E-state index in [9.17, 15) is 14.9 Å². The molecule has 0 radical (unpaired) electrons. The maximum Gasteiger partial charge on any atom is 0.280 e. The Morgan fingerprint density at radius 2 is 2.00 bits per heavy atom. The Hall–Kier alpha value is -2.88. The van der Waals surface area contributed by atoms with Gasteiger partial charge in [-0.25, -0.2) is 0 Å². The molecule has 0 spiro atoms. The molecule has 1 amide bonds. The molecule has 0 aliphatic carbocycles. The van der Waals surface area contributed by atoms with E-state index in [1.165, 1.54) is 22.7 Å². The number of aryl methyl sites for hydroxylation is 1. The summed E-state index contributed by atoms with van der Waals surface area (Å²) in [7, 11) is 0. The maximum absolute atomic E-state index is 13.0. The summed E-state index contributed by atoms with van der Waals surface area (Å²) in [5.74, 6) is 0.553. The Morgan fingerprint density at radius 1 is 1.19 bits per heavy atom. The Morgan fingerprint density at radius 3 is 2.74 bits per heavy atom. The summed E-state index contributed by atoms with van der Waals surface area (Å²) < 4.78 is 6.25. The predicted molar refractivity (Wildman–Crippen MR) is 129 cm³/mol. The number of benzene rings is 2. The van der Waals surface area contributed by atoms with Crippen molar-refractivity contribution in [3.8, 4) is 11.3 Å². The highest BCUT2D eigenvalue weighted by Gasteiger charge is 2.33. The predicted octanol–water partition coefficient (Wildman–Crippen LogP) is 6.29.